The topological polar surface area (TPSA) is 29.9 Å². The molecule has 0 atom stereocenters. The second-order valence-electron chi connectivity index (χ2n) is 3.00. The van der Waals surface area contributed by atoms with Crippen molar-refractivity contribution in [3.8, 4) is 0 Å². The molecule has 3 nitrogen and oxygen atoms in total. The summed E-state index contributed by atoms with van der Waals surface area (Å²) in [5.74, 6) is 0. The molecule has 15 heavy (non-hydrogen) atoms. The van der Waals surface area contributed by atoms with E-state index in [0.717, 1.165) is 4.68 Å². The van der Waals surface area contributed by atoms with Crippen molar-refractivity contribution in [1.29, 1.82) is 0 Å². The molecule has 2 rings (SSSR count). The molecular weight excluding hydrogens is 207 g/mol. The van der Waals surface area contributed by atoms with Crippen LogP contribution in [0, 0.1) is 0 Å². The summed E-state index contributed by atoms with van der Waals surface area (Å²) in [5.41, 5.74) is 0.164. The normalized spacial score (nSPS) is 14.5. The van der Waals surface area contributed by atoms with Gasteiger partial charge in [-0.05, 0) is 0 Å². The lowest BCUT2D eigenvalue weighted by molar-refractivity contribution is -0.144. The minimum absolute atomic E-state index is 0.262. The minimum Gasteiger partial charge on any atom is -0.307 e. The highest BCUT2D eigenvalue weighted by Crippen LogP contribution is 2.34. The number of hydrogen-bond acceptors (Lipinski definition) is 2. The van der Waals surface area contributed by atoms with Crippen LogP contribution in [0.25, 0.3) is 0 Å². The summed E-state index contributed by atoms with van der Waals surface area (Å²) in [6.45, 7) is 4.69. The Labute approximate surface area is 86.3 Å². The fourth-order valence-electron chi connectivity index (χ4n) is 1.61. The van der Waals surface area contributed by atoms with Crippen LogP contribution in [0.2, 0.25) is 0 Å². The molecule has 1 aliphatic heterocycles. The van der Waals surface area contributed by atoms with Gasteiger partial charge >= 0.3 is 6.18 Å². The van der Waals surface area contributed by atoms with E-state index in [2.05, 4.69) is 10.4 Å². The Bertz CT molecular complexity index is 341. The van der Waals surface area contributed by atoms with Crippen LogP contribution >= 0.6 is 0 Å². The van der Waals surface area contributed by atoms with Crippen LogP contribution in [0.1, 0.15) is 30.8 Å². The molecule has 0 bridgehead atoms. The zero-order valence-corrected chi connectivity index (χ0v) is 8.94. The van der Waals surface area contributed by atoms with Crippen LogP contribution in [-0.4, -0.2) is 9.78 Å². The number of nitrogens with one attached hydrogen (secondary N) is 1. The molecule has 0 radical (unpaired) electrons. The number of rotatable bonds is 0. The van der Waals surface area contributed by atoms with Crippen LogP contribution in [0.15, 0.2) is 0 Å². The smallest absolute Gasteiger partial charge is 0.307 e. The van der Waals surface area contributed by atoms with Crippen molar-refractivity contribution in [2.24, 2.45) is 7.05 Å². The van der Waals surface area contributed by atoms with Gasteiger partial charge in [0.2, 0.25) is 0 Å². The maximum absolute atomic E-state index is 12.4. The van der Waals surface area contributed by atoms with Crippen molar-refractivity contribution >= 4 is 0 Å². The number of halogens is 3. The maximum atomic E-state index is 12.4. The summed E-state index contributed by atoms with van der Waals surface area (Å²) in [7, 11) is 1.32. The minimum atomic E-state index is -4.30. The Morgan fingerprint density at radius 3 is 2.40 bits per heavy atom. The fraction of sp³-hybridized carbons (Fsp3) is 0.667. The van der Waals surface area contributed by atoms with Gasteiger partial charge in [-0.2, -0.15) is 18.3 Å². The molecule has 2 heterocycles. The van der Waals surface area contributed by atoms with Crippen molar-refractivity contribution in [2.45, 2.75) is 33.1 Å². The quantitative estimate of drug-likeness (QED) is 0.726. The van der Waals surface area contributed by atoms with Crippen molar-refractivity contribution in [3.05, 3.63) is 17.0 Å². The number of nitrogens with zero attached hydrogens (tertiary/aromatic N) is 2. The van der Waals surface area contributed by atoms with Gasteiger partial charge in [0, 0.05) is 25.7 Å². The molecule has 0 saturated heterocycles. The van der Waals surface area contributed by atoms with Crippen LogP contribution in [-0.2, 0) is 26.3 Å². The Kier molecular flexibility index (Phi) is 3.38. The Hall–Kier alpha value is -1.04. The van der Waals surface area contributed by atoms with Crippen molar-refractivity contribution < 1.29 is 13.2 Å². The molecule has 0 amide bonds. The number of fused-ring (bicyclic) bond motifs is 1. The van der Waals surface area contributed by atoms with E-state index in [-0.39, 0.29) is 12.1 Å². The van der Waals surface area contributed by atoms with Crippen LogP contribution in [0.5, 0.6) is 0 Å². The van der Waals surface area contributed by atoms with E-state index in [1.807, 2.05) is 13.8 Å². The molecule has 0 fully saturated rings. The molecule has 1 N–H and O–H groups in total. The van der Waals surface area contributed by atoms with Crippen LogP contribution in [0.3, 0.4) is 0 Å². The first-order valence-electron chi connectivity index (χ1n) is 4.83. The lowest BCUT2D eigenvalue weighted by Gasteiger charge is -2.08. The average molecular weight is 221 g/mol. The molecule has 6 heteroatoms. The highest BCUT2D eigenvalue weighted by atomic mass is 19.4. The van der Waals surface area contributed by atoms with Gasteiger partial charge in [-0.25, -0.2) is 0 Å². The van der Waals surface area contributed by atoms with E-state index in [1.54, 1.807) is 0 Å². The molecule has 86 valence electrons. The largest absolute Gasteiger partial charge is 0.433 e. The monoisotopic (exact) mass is 221 g/mol. The van der Waals surface area contributed by atoms with Crippen molar-refractivity contribution in [2.75, 3.05) is 0 Å². The molecule has 0 spiro atoms. The molecule has 1 aromatic heterocycles. The van der Waals surface area contributed by atoms with E-state index in [1.165, 1.54) is 7.05 Å². The van der Waals surface area contributed by atoms with E-state index in [9.17, 15) is 13.2 Å². The number of aryl methyl sites for hydroxylation is 1. The Balaban J connectivity index is 0.000000531. The molecule has 0 aliphatic carbocycles. The summed E-state index contributed by atoms with van der Waals surface area (Å²) < 4.78 is 38.3. The summed E-state index contributed by atoms with van der Waals surface area (Å²) >= 11 is 0. The number of alkyl halides is 3. The third-order valence-electron chi connectivity index (χ3n) is 2.09. The van der Waals surface area contributed by atoms with Crippen LogP contribution in [0.4, 0.5) is 13.2 Å². The third kappa shape index (κ3) is 2.14. The zero-order chi connectivity index (χ0) is 11.6. The highest BCUT2D eigenvalue weighted by Gasteiger charge is 2.39. The third-order valence-corrected chi connectivity index (χ3v) is 2.09. The number of aromatic nitrogens is 2. The van der Waals surface area contributed by atoms with Crippen molar-refractivity contribution in [1.82, 2.24) is 15.1 Å². The molecule has 1 aromatic rings. The maximum Gasteiger partial charge on any atom is 0.433 e. The molecule has 0 aromatic carbocycles. The SMILES string of the molecule is CC.Cn1nc2c(c1C(F)(F)F)CNC2. The first-order valence-corrected chi connectivity index (χ1v) is 4.83. The van der Waals surface area contributed by atoms with Gasteiger partial charge in [-0.15, -0.1) is 0 Å². The Morgan fingerprint density at radius 2 is 1.87 bits per heavy atom. The van der Waals surface area contributed by atoms with Crippen LogP contribution < -0.4 is 5.32 Å². The van der Waals surface area contributed by atoms with Gasteiger partial charge < -0.3 is 5.32 Å². The predicted molar refractivity (Wildman–Crippen MR) is 50.1 cm³/mol. The summed E-state index contributed by atoms with van der Waals surface area (Å²) in [4.78, 5) is 0. The van der Waals surface area contributed by atoms with Gasteiger partial charge in [0.05, 0.1) is 5.69 Å². The van der Waals surface area contributed by atoms with E-state index >= 15 is 0 Å². The first-order chi connectivity index (χ1) is 7.00. The lowest BCUT2D eigenvalue weighted by Crippen LogP contribution is -2.16. The van der Waals surface area contributed by atoms with E-state index < -0.39 is 11.9 Å². The molecule has 1 aliphatic rings. The summed E-state index contributed by atoms with van der Waals surface area (Å²) in [6.07, 6.45) is -4.30. The van der Waals surface area contributed by atoms with Crippen molar-refractivity contribution in [3.63, 3.8) is 0 Å². The van der Waals surface area contributed by atoms with E-state index in [0.29, 0.717) is 12.2 Å². The fourth-order valence-corrected chi connectivity index (χ4v) is 1.61. The van der Waals surface area contributed by atoms with Gasteiger partial charge in [-0.1, -0.05) is 13.8 Å². The van der Waals surface area contributed by atoms with Gasteiger partial charge in [-0.3, -0.25) is 4.68 Å². The summed E-state index contributed by atoms with van der Waals surface area (Å²) in [5, 5.41) is 6.62. The van der Waals surface area contributed by atoms with Gasteiger partial charge in [0.1, 0.15) is 5.69 Å². The highest BCUT2D eigenvalue weighted by molar-refractivity contribution is 5.31. The van der Waals surface area contributed by atoms with Gasteiger partial charge in [0.25, 0.3) is 0 Å². The average Bonchev–Trinajstić information content (AvgIpc) is 2.64. The standard InChI is InChI=1S/C7H8F3N3.C2H6/c1-13-6(7(8,9)10)4-2-11-3-5(4)12-13;1-2/h11H,2-3H2,1H3;1-2H3. The molecule has 0 saturated carbocycles. The first kappa shape index (κ1) is 12.0. The lowest BCUT2D eigenvalue weighted by atomic mass is 10.2. The molecule has 0 unspecified atom stereocenters. The zero-order valence-electron chi connectivity index (χ0n) is 8.94. The second kappa shape index (κ2) is 4.22. The Morgan fingerprint density at radius 1 is 1.27 bits per heavy atom. The second-order valence-corrected chi connectivity index (χ2v) is 3.00. The summed E-state index contributed by atoms with van der Waals surface area (Å²) in [6, 6.07) is 0. The number of hydrogen-bond donors (Lipinski definition) is 1. The van der Waals surface area contributed by atoms with E-state index in [4.69, 9.17) is 0 Å². The molecular formula is C9H14F3N3. The van der Waals surface area contributed by atoms with Gasteiger partial charge in [0.15, 0.2) is 0 Å². The predicted octanol–water partition coefficient (Wildman–Crippen LogP) is 2.07.